The Labute approximate surface area is 110 Å². The van der Waals surface area contributed by atoms with Crippen molar-refractivity contribution in [2.45, 2.75) is 6.04 Å². The molecule has 4 heteroatoms. The molecule has 19 heavy (non-hydrogen) atoms. The number of oxazole rings is 1. The highest BCUT2D eigenvalue weighted by atomic mass is 16.3. The van der Waals surface area contributed by atoms with Crippen molar-refractivity contribution in [3.8, 4) is 6.07 Å². The molecular weight excluding hydrogens is 238 g/mol. The molecule has 2 aromatic rings. The molecule has 0 bridgehead atoms. The van der Waals surface area contributed by atoms with E-state index in [0.717, 1.165) is 5.57 Å². The van der Waals surface area contributed by atoms with Crippen LogP contribution in [0.5, 0.6) is 0 Å². The Kier molecular flexibility index (Phi) is 2.75. The summed E-state index contributed by atoms with van der Waals surface area (Å²) in [6, 6.07) is 7.17. The van der Waals surface area contributed by atoms with Gasteiger partial charge in [-0.2, -0.15) is 5.26 Å². The predicted octanol–water partition coefficient (Wildman–Crippen LogP) is 2.54. The molecule has 1 unspecified atom stereocenters. The Morgan fingerprint density at radius 2 is 2.21 bits per heavy atom. The molecule has 0 amide bonds. The average molecular weight is 249 g/mol. The summed E-state index contributed by atoms with van der Waals surface area (Å²) >= 11 is 0. The van der Waals surface area contributed by atoms with Gasteiger partial charge in [0.25, 0.3) is 0 Å². The minimum absolute atomic E-state index is 0.0941. The molecule has 0 radical (unpaired) electrons. The zero-order chi connectivity index (χ0) is 13.2. The van der Waals surface area contributed by atoms with Crippen LogP contribution in [0.2, 0.25) is 0 Å². The monoisotopic (exact) mass is 249 g/mol. The van der Waals surface area contributed by atoms with Crippen molar-refractivity contribution in [1.82, 2.24) is 4.98 Å². The fourth-order valence-corrected chi connectivity index (χ4v) is 1.89. The maximum Gasteiger partial charge on any atom is 0.227 e. The van der Waals surface area contributed by atoms with Crippen LogP contribution in [0.25, 0.3) is 16.7 Å². The van der Waals surface area contributed by atoms with Crippen molar-refractivity contribution in [2.24, 2.45) is 5.73 Å². The molecule has 2 N–H and O–H groups in total. The Bertz CT molecular complexity index is 759. The summed E-state index contributed by atoms with van der Waals surface area (Å²) in [4.78, 5) is 4.40. The Morgan fingerprint density at radius 3 is 3.05 bits per heavy atom. The number of hydrogen-bond donors (Lipinski definition) is 1. The second kappa shape index (κ2) is 4.56. The largest absolute Gasteiger partial charge is 0.436 e. The number of benzene rings is 1. The number of nitrogens with zero attached hydrogens (tertiary/aromatic N) is 2. The van der Waals surface area contributed by atoms with Gasteiger partial charge in [0.1, 0.15) is 5.52 Å². The minimum Gasteiger partial charge on any atom is -0.436 e. The summed E-state index contributed by atoms with van der Waals surface area (Å²) in [5, 5.41) is 8.86. The van der Waals surface area contributed by atoms with E-state index in [9.17, 15) is 0 Å². The van der Waals surface area contributed by atoms with Crippen molar-refractivity contribution in [3.63, 3.8) is 0 Å². The third-order valence-corrected chi connectivity index (χ3v) is 2.87. The van der Waals surface area contributed by atoms with Crippen molar-refractivity contribution in [1.29, 1.82) is 5.26 Å². The maximum absolute atomic E-state index is 8.86. The molecular formula is C15H11N3O. The molecule has 0 saturated carbocycles. The Balaban J connectivity index is 2.07. The summed E-state index contributed by atoms with van der Waals surface area (Å²) in [6.45, 7) is 0. The summed E-state index contributed by atoms with van der Waals surface area (Å²) in [5.74, 6) is 0.528. The lowest BCUT2D eigenvalue weighted by Gasteiger charge is -1.94. The number of aromatic nitrogens is 1. The molecule has 4 nitrogen and oxygen atoms in total. The van der Waals surface area contributed by atoms with Gasteiger partial charge in [-0.05, 0) is 24.3 Å². The summed E-state index contributed by atoms with van der Waals surface area (Å²) < 4.78 is 5.68. The van der Waals surface area contributed by atoms with E-state index in [1.165, 1.54) is 0 Å². The van der Waals surface area contributed by atoms with Crippen molar-refractivity contribution >= 4 is 16.7 Å². The van der Waals surface area contributed by atoms with Gasteiger partial charge in [-0.3, -0.25) is 0 Å². The molecule has 1 heterocycles. The molecule has 1 aliphatic rings. The fraction of sp³-hybridized carbons (Fsp3) is 0.0667. The lowest BCUT2D eigenvalue weighted by Crippen LogP contribution is -2.11. The molecule has 1 aliphatic carbocycles. The first kappa shape index (κ1) is 11.5. The van der Waals surface area contributed by atoms with E-state index in [4.69, 9.17) is 15.4 Å². The molecule has 0 spiro atoms. The van der Waals surface area contributed by atoms with Gasteiger partial charge in [0.2, 0.25) is 5.89 Å². The first-order chi connectivity index (χ1) is 9.26. The topological polar surface area (TPSA) is 75.8 Å². The van der Waals surface area contributed by atoms with Crippen molar-refractivity contribution in [3.05, 3.63) is 60.0 Å². The van der Waals surface area contributed by atoms with Gasteiger partial charge >= 0.3 is 0 Å². The number of rotatable bonds is 1. The second-order valence-corrected chi connectivity index (χ2v) is 4.26. The highest BCUT2D eigenvalue weighted by Gasteiger charge is 2.10. The van der Waals surface area contributed by atoms with E-state index in [1.54, 1.807) is 18.2 Å². The quantitative estimate of drug-likeness (QED) is 0.842. The molecule has 1 atom stereocenters. The van der Waals surface area contributed by atoms with E-state index in [0.29, 0.717) is 22.6 Å². The van der Waals surface area contributed by atoms with Crippen LogP contribution in [0.15, 0.2) is 53.0 Å². The van der Waals surface area contributed by atoms with E-state index >= 15 is 0 Å². The van der Waals surface area contributed by atoms with Gasteiger partial charge in [-0.25, -0.2) is 4.98 Å². The fourth-order valence-electron chi connectivity index (χ4n) is 1.89. The zero-order valence-corrected chi connectivity index (χ0v) is 10.1. The zero-order valence-electron chi connectivity index (χ0n) is 10.1. The number of hydrogen-bond acceptors (Lipinski definition) is 4. The first-order valence-electron chi connectivity index (χ1n) is 5.89. The standard InChI is InChI=1S/C15H11N3O/c16-9-10-4-7-14-13(8-10)18-15(19-14)11-2-1-3-12(17)6-5-11/h1-8,12H,17H2. The normalized spacial score (nSPS) is 18.1. The SMILES string of the molecule is N#Cc1ccc2oc(C3=CC=CC(N)C=C3)nc2c1. The van der Waals surface area contributed by atoms with Crippen molar-refractivity contribution < 1.29 is 4.42 Å². The van der Waals surface area contributed by atoms with E-state index < -0.39 is 0 Å². The van der Waals surface area contributed by atoms with Gasteiger partial charge < -0.3 is 10.2 Å². The van der Waals surface area contributed by atoms with E-state index in [2.05, 4.69) is 11.1 Å². The first-order valence-corrected chi connectivity index (χ1v) is 5.89. The number of nitriles is 1. The van der Waals surface area contributed by atoms with Crippen LogP contribution in [-0.2, 0) is 0 Å². The minimum atomic E-state index is -0.0941. The second-order valence-electron chi connectivity index (χ2n) is 4.26. The van der Waals surface area contributed by atoms with Crippen LogP contribution in [0.1, 0.15) is 11.5 Å². The lowest BCUT2D eigenvalue weighted by molar-refractivity contribution is 0.586. The molecule has 1 aromatic heterocycles. The lowest BCUT2D eigenvalue weighted by atomic mass is 10.2. The van der Waals surface area contributed by atoms with E-state index in [-0.39, 0.29) is 6.04 Å². The van der Waals surface area contributed by atoms with Crippen LogP contribution >= 0.6 is 0 Å². The smallest absolute Gasteiger partial charge is 0.227 e. The molecule has 3 rings (SSSR count). The number of allylic oxidation sites excluding steroid dienone is 4. The molecule has 92 valence electrons. The van der Waals surface area contributed by atoms with Crippen LogP contribution in [0.4, 0.5) is 0 Å². The Morgan fingerprint density at radius 1 is 1.32 bits per heavy atom. The predicted molar refractivity (Wildman–Crippen MR) is 73.0 cm³/mol. The summed E-state index contributed by atoms with van der Waals surface area (Å²) in [5.41, 5.74) is 8.57. The molecule has 0 saturated heterocycles. The van der Waals surface area contributed by atoms with E-state index in [1.807, 2.05) is 30.4 Å². The highest BCUT2D eigenvalue weighted by Crippen LogP contribution is 2.23. The van der Waals surface area contributed by atoms with Crippen LogP contribution in [-0.4, -0.2) is 11.0 Å². The average Bonchev–Trinajstić information content (AvgIpc) is 2.73. The van der Waals surface area contributed by atoms with Crippen LogP contribution in [0, 0.1) is 11.3 Å². The van der Waals surface area contributed by atoms with Gasteiger partial charge in [0, 0.05) is 11.6 Å². The molecule has 1 aromatic carbocycles. The van der Waals surface area contributed by atoms with Gasteiger partial charge in [0.15, 0.2) is 5.58 Å². The maximum atomic E-state index is 8.86. The van der Waals surface area contributed by atoms with Crippen LogP contribution in [0.3, 0.4) is 0 Å². The Hall–Kier alpha value is -2.64. The van der Waals surface area contributed by atoms with Crippen molar-refractivity contribution in [2.75, 3.05) is 0 Å². The summed E-state index contributed by atoms with van der Waals surface area (Å²) in [7, 11) is 0. The van der Waals surface area contributed by atoms with Gasteiger partial charge in [0.05, 0.1) is 11.6 Å². The third kappa shape index (κ3) is 2.19. The summed E-state index contributed by atoms with van der Waals surface area (Å²) in [6.07, 6.45) is 9.44. The molecule has 0 fully saturated rings. The van der Waals surface area contributed by atoms with Gasteiger partial charge in [-0.15, -0.1) is 0 Å². The van der Waals surface area contributed by atoms with Gasteiger partial charge in [-0.1, -0.05) is 24.3 Å². The highest BCUT2D eigenvalue weighted by molar-refractivity contribution is 5.80. The number of nitrogens with two attached hydrogens (primary N) is 1. The van der Waals surface area contributed by atoms with Crippen LogP contribution < -0.4 is 5.73 Å². The molecule has 0 aliphatic heterocycles. The third-order valence-electron chi connectivity index (χ3n) is 2.87. The number of fused-ring (bicyclic) bond motifs is 1.